The molecular formula is C15H21N3O2S. The first-order valence-electron chi connectivity index (χ1n) is 6.58. The van der Waals surface area contributed by atoms with Crippen molar-refractivity contribution in [2.45, 2.75) is 4.90 Å². The van der Waals surface area contributed by atoms with Crippen LogP contribution >= 0.6 is 11.8 Å². The number of thioether (sulfide) groups is 1. The number of benzene rings is 1. The van der Waals surface area contributed by atoms with Crippen LogP contribution in [0.15, 0.2) is 41.8 Å². The maximum absolute atomic E-state index is 12.0. The summed E-state index contributed by atoms with van der Waals surface area (Å²) in [4.78, 5) is 25.9. The van der Waals surface area contributed by atoms with E-state index < -0.39 is 0 Å². The van der Waals surface area contributed by atoms with Gasteiger partial charge in [-0.1, -0.05) is 18.2 Å². The Morgan fingerprint density at radius 1 is 1.29 bits per heavy atom. The second-order valence-electron chi connectivity index (χ2n) is 4.49. The molecule has 0 heterocycles. The van der Waals surface area contributed by atoms with Crippen molar-refractivity contribution < 1.29 is 9.59 Å². The summed E-state index contributed by atoms with van der Waals surface area (Å²) in [5.74, 6) is 0.518. The molecule has 6 heteroatoms. The zero-order valence-electron chi connectivity index (χ0n) is 12.4. The van der Waals surface area contributed by atoms with Crippen LogP contribution in [0.3, 0.4) is 0 Å². The highest BCUT2D eigenvalue weighted by Crippen LogP contribution is 2.26. The van der Waals surface area contributed by atoms with Crippen molar-refractivity contribution in [1.82, 2.24) is 10.2 Å². The molecule has 0 unspecified atom stereocenters. The number of amides is 2. The second kappa shape index (κ2) is 9.20. The Morgan fingerprint density at radius 2 is 1.95 bits per heavy atom. The standard InChI is InChI=1S/C15H21N3O2S/c1-4-9-21-13-8-6-5-7-12(13)17-15(20)11-18(3)10-14(19)16-2/h4-8H,1,9-11H2,2-3H3,(H,16,19)(H,17,20). The predicted octanol–water partition coefficient (Wildman–Crippen LogP) is 1.58. The first kappa shape index (κ1) is 17.3. The van der Waals surface area contributed by atoms with Gasteiger partial charge in [0.2, 0.25) is 11.8 Å². The van der Waals surface area contributed by atoms with Crippen LogP contribution in [-0.2, 0) is 9.59 Å². The van der Waals surface area contributed by atoms with Crippen LogP contribution in [0.1, 0.15) is 0 Å². The van der Waals surface area contributed by atoms with Crippen molar-refractivity contribution in [3.63, 3.8) is 0 Å². The van der Waals surface area contributed by atoms with Gasteiger partial charge in [0, 0.05) is 17.7 Å². The molecule has 5 nitrogen and oxygen atoms in total. The lowest BCUT2D eigenvalue weighted by Crippen LogP contribution is -2.37. The average Bonchev–Trinajstić information content (AvgIpc) is 2.45. The Morgan fingerprint density at radius 3 is 2.62 bits per heavy atom. The summed E-state index contributed by atoms with van der Waals surface area (Å²) in [5, 5.41) is 5.40. The Labute approximate surface area is 129 Å². The summed E-state index contributed by atoms with van der Waals surface area (Å²) in [5.41, 5.74) is 0.780. The van der Waals surface area contributed by atoms with E-state index >= 15 is 0 Å². The molecule has 2 amide bonds. The summed E-state index contributed by atoms with van der Waals surface area (Å²) in [6, 6.07) is 7.63. The topological polar surface area (TPSA) is 61.4 Å². The molecule has 0 aromatic heterocycles. The third-order valence-corrected chi connectivity index (χ3v) is 3.69. The molecule has 0 fully saturated rings. The monoisotopic (exact) mass is 307 g/mol. The number of hydrogen-bond donors (Lipinski definition) is 2. The minimum Gasteiger partial charge on any atom is -0.358 e. The Hall–Kier alpha value is -1.79. The van der Waals surface area contributed by atoms with Crippen LogP contribution in [0.25, 0.3) is 0 Å². The van der Waals surface area contributed by atoms with E-state index in [1.165, 1.54) is 0 Å². The smallest absolute Gasteiger partial charge is 0.238 e. The number of nitrogens with one attached hydrogen (secondary N) is 2. The molecule has 1 rings (SSSR count). The van der Waals surface area contributed by atoms with Gasteiger partial charge in [-0.05, 0) is 19.2 Å². The van der Waals surface area contributed by atoms with Crippen LogP contribution in [0.4, 0.5) is 5.69 Å². The fourth-order valence-corrected chi connectivity index (χ4v) is 2.41. The summed E-state index contributed by atoms with van der Waals surface area (Å²) < 4.78 is 0. The molecule has 0 atom stereocenters. The lowest BCUT2D eigenvalue weighted by molar-refractivity contribution is -0.122. The maximum Gasteiger partial charge on any atom is 0.238 e. The molecule has 0 saturated carbocycles. The number of rotatable bonds is 8. The van der Waals surface area contributed by atoms with Gasteiger partial charge in [0.15, 0.2) is 0 Å². The van der Waals surface area contributed by atoms with Crippen molar-refractivity contribution in [1.29, 1.82) is 0 Å². The van der Waals surface area contributed by atoms with Crippen LogP contribution in [-0.4, -0.2) is 49.7 Å². The quantitative estimate of drug-likeness (QED) is 0.565. The lowest BCUT2D eigenvalue weighted by Gasteiger charge is -2.16. The number of likely N-dealkylation sites (N-methyl/N-ethyl adjacent to an activating group) is 2. The molecule has 0 aliphatic rings. The molecular weight excluding hydrogens is 286 g/mol. The normalized spacial score (nSPS) is 10.2. The Bertz CT molecular complexity index is 505. The summed E-state index contributed by atoms with van der Waals surface area (Å²) in [6.07, 6.45) is 1.82. The first-order chi connectivity index (χ1) is 10.1. The lowest BCUT2D eigenvalue weighted by atomic mass is 10.3. The van der Waals surface area contributed by atoms with E-state index in [0.29, 0.717) is 0 Å². The Balaban J connectivity index is 2.58. The van der Waals surface area contributed by atoms with E-state index in [-0.39, 0.29) is 24.9 Å². The van der Waals surface area contributed by atoms with E-state index in [4.69, 9.17) is 0 Å². The molecule has 0 aliphatic heterocycles. The number of anilines is 1. The third-order valence-electron chi connectivity index (χ3n) is 2.62. The summed E-state index contributed by atoms with van der Waals surface area (Å²) >= 11 is 1.61. The number of carbonyl (C=O) groups excluding carboxylic acids is 2. The SMILES string of the molecule is C=CCSc1ccccc1NC(=O)CN(C)CC(=O)NC. The van der Waals surface area contributed by atoms with Gasteiger partial charge in [-0.3, -0.25) is 14.5 Å². The third kappa shape index (κ3) is 6.46. The van der Waals surface area contributed by atoms with Gasteiger partial charge >= 0.3 is 0 Å². The zero-order valence-corrected chi connectivity index (χ0v) is 13.2. The molecule has 114 valence electrons. The van der Waals surface area contributed by atoms with Crippen LogP contribution in [0.2, 0.25) is 0 Å². The molecule has 0 saturated heterocycles. The first-order valence-corrected chi connectivity index (χ1v) is 7.57. The second-order valence-corrected chi connectivity index (χ2v) is 5.55. The van der Waals surface area contributed by atoms with Gasteiger partial charge < -0.3 is 10.6 Å². The minimum absolute atomic E-state index is 0.118. The van der Waals surface area contributed by atoms with Gasteiger partial charge in [0.05, 0.1) is 18.8 Å². The van der Waals surface area contributed by atoms with Crippen LogP contribution in [0, 0.1) is 0 Å². The van der Waals surface area contributed by atoms with E-state index in [0.717, 1.165) is 16.3 Å². The molecule has 0 aliphatic carbocycles. The summed E-state index contributed by atoms with van der Waals surface area (Å²) in [6.45, 7) is 4.04. The van der Waals surface area contributed by atoms with Gasteiger partial charge in [-0.2, -0.15) is 0 Å². The van der Waals surface area contributed by atoms with Crippen LogP contribution < -0.4 is 10.6 Å². The minimum atomic E-state index is -0.145. The van der Waals surface area contributed by atoms with Crippen molar-refractivity contribution >= 4 is 29.3 Å². The number of para-hydroxylation sites is 1. The highest BCUT2D eigenvalue weighted by Gasteiger charge is 2.11. The van der Waals surface area contributed by atoms with Crippen molar-refractivity contribution in [2.24, 2.45) is 0 Å². The molecule has 0 bridgehead atoms. The molecule has 2 N–H and O–H groups in total. The van der Waals surface area contributed by atoms with E-state index in [1.807, 2.05) is 30.3 Å². The van der Waals surface area contributed by atoms with Crippen molar-refractivity contribution in [3.8, 4) is 0 Å². The number of nitrogens with zero attached hydrogens (tertiary/aromatic N) is 1. The van der Waals surface area contributed by atoms with E-state index in [9.17, 15) is 9.59 Å². The highest BCUT2D eigenvalue weighted by atomic mass is 32.2. The number of carbonyl (C=O) groups is 2. The molecule has 1 aromatic rings. The van der Waals surface area contributed by atoms with Gasteiger partial charge in [-0.25, -0.2) is 0 Å². The van der Waals surface area contributed by atoms with Gasteiger partial charge in [0.1, 0.15) is 0 Å². The number of hydrogen-bond acceptors (Lipinski definition) is 4. The van der Waals surface area contributed by atoms with Crippen molar-refractivity contribution in [3.05, 3.63) is 36.9 Å². The van der Waals surface area contributed by atoms with Crippen molar-refractivity contribution in [2.75, 3.05) is 38.3 Å². The molecule has 0 spiro atoms. The van der Waals surface area contributed by atoms with Gasteiger partial charge in [0.25, 0.3) is 0 Å². The molecule has 21 heavy (non-hydrogen) atoms. The van der Waals surface area contributed by atoms with E-state index in [1.54, 1.807) is 30.8 Å². The maximum atomic E-state index is 12.0. The largest absolute Gasteiger partial charge is 0.358 e. The zero-order chi connectivity index (χ0) is 15.7. The van der Waals surface area contributed by atoms with E-state index in [2.05, 4.69) is 17.2 Å². The highest BCUT2D eigenvalue weighted by molar-refractivity contribution is 7.99. The van der Waals surface area contributed by atoms with Gasteiger partial charge in [-0.15, -0.1) is 18.3 Å². The fraction of sp³-hybridized carbons (Fsp3) is 0.333. The molecule has 0 radical (unpaired) electrons. The predicted molar refractivity (Wildman–Crippen MR) is 87.6 cm³/mol. The molecule has 1 aromatic carbocycles. The van der Waals surface area contributed by atoms with Crippen LogP contribution in [0.5, 0.6) is 0 Å². The summed E-state index contributed by atoms with van der Waals surface area (Å²) in [7, 11) is 3.30. The average molecular weight is 307 g/mol. The fourth-order valence-electron chi connectivity index (χ4n) is 1.66. The Kier molecular flexibility index (Phi) is 7.56.